The van der Waals surface area contributed by atoms with Crippen LogP contribution in [0.1, 0.15) is 15.9 Å². The van der Waals surface area contributed by atoms with E-state index in [1.807, 2.05) is 0 Å². The second kappa shape index (κ2) is 6.95. The first-order valence-corrected chi connectivity index (χ1v) is 6.25. The number of halogens is 3. The molecule has 0 atom stereocenters. The molecule has 0 radical (unpaired) electrons. The fourth-order valence-electron chi connectivity index (χ4n) is 1.82. The number of nitrogens with one attached hydrogen (secondary N) is 1. The first kappa shape index (κ1) is 15.8. The van der Waals surface area contributed by atoms with E-state index in [4.69, 9.17) is 5.11 Å². The van der Waals surface area contributed by atoms with Gasteiger partial charge in [0.1, 0.15) is 11.6 Å². The van der Waals surface area contributed by atoms with Crippen LogP contribution >= 0.6 is 0 Å². The lowest BCUT2D eigenvalue weighted by molar-refractivity contribution is -0.0502. The molecular formula is C15H12F3NO3. The second-order valence-corrected chi connectivity index (χ2v) is 4.33. The zero-order valence-electron chi connectivity index (χ0n) is 11.2. The third-order valence-corrected chi connectivity index (χ3v) is 2.77. The summed E-state index contributed by atoms with van der Waals surface area (Å²) in [6, 6.07) is 9.09. The molecule has 0 saturated carbocycles. The quantitative estimate of drug-likeness (QED) is 0.891. The minimum atomic E-state index is -3.17. The maximum atomic E-state index is 13.1. The first-order chi connectivity index (χ1) is 10.5. The highest BCUT2D eigenvalue weighted by atomic mass is 19.3. The summed E-state index contributed by atoms with van der Waals surface area (Å²) in [5, 5.41) is 11.5. The predicted molar refractivity (Wildman–Crippen MR) is 73.4 cm³/mol. The molecular weight excluding hydrogens is 299 g/mol. The van der Waals surface area contributed by atoms with Crippen LogP contribution < -0.4 is 10.1 Å². The number of anilines is 1. The van der Waals surface area contributed by atoms with Crippen molar-refractivity contribution in [3.8, 4) is 5.75 Å². The number of rotatable bonds is 5. The molecule has 0 aliphatic heterocycles. The van der Waals surface area contributed by atoms with Crippen molar-refractivity contribution in [2.24, 2.45) is 0 Å². The van der Waals surface area contributed by atoms with Crippen LogP contribution in [0, 0.1) is 5.82 Å². The summed E-state index contributed by atoms with van der Waals surface area (Å²) >= 11 is 0. The molecule has 22 heavy (non-hydrogen) atoms. The van der Waals surface area contributed by atoms with E-state index in [9.17, 15) is 18.0 Å². The summed E-state index contributed by atoms with van der Waals surface area (Å²) in [5.74, 6) is -2.08. The molecule has 2 N–H and O–H groups in total. The molecule has 2 aromatic carbocycles. The average molecular weight is 311 g/mol. The van der Waals surface area contributed by atoms with E-state index in [1.165, 1.54) is 6.07 Å². The number of hydrogen-bond donors (Lipinski definition) is 2. The zero-order chi connectivity index (χ0) is 16.1. The molecule has 0 aliphatic carbocycles. The van der Waals surface area contributed by atoms with Gasteiger partial charge in [-0.2, -0.15) is 8.78 Å². The standard InChI is InChI=1S/C15H12F3NO3/c16-10-4-5-12(13(7-10)22-15(17)18)14(21)19-11-3-1-2-9(6-11)8-20/h1-7,15,20H,8H2,(H,19,21). The van der Waals surface area contributed by atoms with Crippen molar-refractivity contribution in [3.63, 3.8) is 0 Å². The number of aliphatic hydroxyl groups is 1. The third-order valence-electron chi connectivity index (χ3n) is 2.77. The summed E-state index contributed by atoms with van der Waals surface area (Å²) in [4.78, 5) is 12.1. The summed E-state index contributed by atoms with van der Waals surface area (Å²) < 4.78 is 41.9. The van der Waals surface area contributed by atoms with Crippen LogP contribution in [0.15, 0.2) is 42.5 Å². The number of hydrogen-bond acceptors (Lipinski definition) is 3. The number of carbonyl (C=O) groups excluding carboxylic acids is 1. The SMILES string of the molecule is O=C(Nc1cccc(CO)c1)c1ccc(F)cc1OC(F)F. The Morgan fingerprint density at radius 2 is 2.00 bits per heavy atom. The minimum absolute atomic E-state index is 0.208. The molecule has 0 unspecified atom stereocenters. The van der Waals surface area contributed by atoms with Gasteiger partial charge in [0.15, 0.2) is 0 Å². The van der Waals surface area contributed by atoms with Crippen molar-refractivity contribution in [3.05, 3.63) is 59.4 Å². The van der Waals surface area contributed by atoms with Gasteiger partial charge in [-0.15, -0.1) is 0 Å². The molecule has 0 saturated heterocycles. The van der Waals surface area contributed by atoms with E-state index in [-0.39, 0.29) is 12.2 Å². The molecule has 0 aliphatic rings. The lowest BCUT2D eigenvalue weighted by Crippen LogP contribution is -2.15. The predicted octanol–water partition coefficient (Wildman–Crippen LogP) is 3.17. The van der Waals surface area contributed by atoms with Crippen LogP contribution in [-0.2, 0) is 6.61 Å². The fourth-order valence-corrected chi connectivity index (χ4v) is 1.82. The maximum Gasteiger partial charge on any atom is 0.387 e. The zero-order valence-corrected chi connectivity index (χ0v) is 11.2. The lowest BCUT2D eigenvalue weighted by Gasteiger charge is -2.11. The van der Waals surface area contributed by atoms with Gasteiger partial charge >= 0.3 is 6.61 Å². The summed E-state index contributed by atoms with van der Waals surface area (Å²) in [6.45, 7) is -3.38. The van der Waals surface area contributed by atoms with Gasteiger partial charge in [0.05, 0.1) is 12.2 Å². The maximum absolute atomic E-state index is 13.1. The highest BCUT2D eigenvalue weighted by Gasteiger charge is 2.17. The van der Waals surface area contributed by atoms with Crippen molar-refractivity contribution in [2.75, 3.05) is 5.32 Å². The van der Waals surface area contributed by atoms with Crippen molar-refractivity contribution >= 4 is 11.6 Å². The first-order valence-electron chi connectivity index (χ1n) is 6.25. The number of alkyl halides is 2. The number of carbonyl (C=O) groups is 1. The van der Waals surface area contributed by atoms with E-state index < -0.39 is 24.1 Å². The minimum Gasteiger partial charge on any atom is -0.434 e. The number of benzene rings is 2. The Morgan fingerprint density at radius 1 is 1.23 bits per heavy atom. The lowest BCUT2D eigenvalue weighted by atomic mass is 10.1. The van der Waals surface area contributed by atoms with Crippen molar-refractivity contribution < 1.29 is 27.8 Å². The summed E-state index contributed by atoms with van der Waals surface area (Å²) in [6.07, 6.45) is 0. The Hall–Kier alpha value is -2.54. The van der Waals surface area contributed by atoms with Gasteiger partial charge in [-0.3, -0.25) is 4.79 Å². The average Bonchev–Trinajstić information content (AvgIpc) is 2.46. The van der Waals surface area contributed by atoms with Gasteiger partial charge < -0.3 is 15.2 Å². The van der Waals surface area contributed by atoms with E-state index in [0.717, 1.165) is 12.1 Å². The molecule has 7 heteroatoms. The number of ether oxygens (including phenoxy) is 1. The molecule has 1 amide bonds. The van der Waals surface area contributed by atoms with Crippen LogP contribution in [0.2, 0.25) is 0 Å². The smallest absolute Gasteiger partial charge is 0.387 e. The Morgan fingerprint density at radius 3 is 2.68 bits per heavy atom. The Bertz CT molecular complexity index is 677. The Kier molecular flexibility index (Phi) is 5.00. The molecule has 0 spiro atoms. The van der Waals surface area contributed by atoms with Crippen LogP contribution in [0.5, 0.6) is 5.75 Å². The molecule has 2 aromatic rings. The Balaban J connectivity index is 2.25. The van der Waals surface area contributed by atoms with Crippen molar-refractivity contribution in [1.82, 2.24) is 0 Å². The van der Waals surface area contributed by atoms with E-state index in [2.05, 4.69) is 10.1 Å². The fraction of sp³-hybridized carbons (Fsp3) is 0.133. The third kappa shape index (κ3) is 3.98. The molecule has 0 heterocycles. The van der Waals surface area contributed by atoms with Crippen LogP contribution in [0.3, 0.4) is 0 Å². The van der Waals surface area contributed by atoms with Crippen molar-refractivity contribution in [1.29, 1.82) is 0 Å². The Labute approximate surface area is 124 Å². The number of aliphatic hydroxyl groups excluding tert-OH is 1. The molecule has 0 fully saturated rings. The topological polar surface area (TPSA) is 58.6 Å². The van der Waals surface area contributed by atoms with Gasteiger partial charge in [-0.25, -0.2) is 4.39 Å². The summed E-state index contributed by atoms with van der Waals surface area (Å²) in [5.41, 5.74) is 0.709. The van der Waals surface area contributed by atoms with Crippen LogP contribution in [-0.4, -0.2) is 17.6 Å². The highest BCUT2D eigenvalue weighted by molar-refractivity contribution is 6.06. The molecule has 0 bridgehead atoms. The van der Waals surface area contributed by atoms with E-state index in [0.29, 0.717) is 17.3 Å². The highest BCUT2D eigenvalue weighted by Crippen LogP contribution is 2.23. The normalized spacial score (nSPS) is 10.6. The van der Waals surface area contributed by atoms with Gasteiger partial charge in [0.25, 0.3) is 5.91 Å². The molecule has 116 valence electrons. The molecule has 0 aromatic heterocycles. The second-order valence-electron chi connectivity index (χ2n) is 4.33. The van der Waals surface area contributed by atoms with Crippen LogP contribution in [0.4, 0.5) is 18.9 Å². The van der Waals surface area contributed by atoms with Crippen LogP contribution in [0.25, 0.3) is 0 Å². The van der Waals surface area contributed by atoms with E-state index >= 15 is 0 Å². The van der Waals surface area contributed by atoms with Gasteiger partial charge in [-0.05, 0) is 29.8 Å². The van der Waals surface area contributed by atoms with Crippen molar-refractivity contribution in [2.45, 2.75) is 13.2 Å². The summed E-state index contributed by atoms with van der Waals surface area (Å²) in [7, 11) is 0. The van der Waals surface area contributed by atoms with Gasteiger partial charge in [0, 0.05) is 11.8 Å². The van der Waals surface area contributed by atoms with E-state index in [1.54, 1.807) is 18.2 Å². The number of amides is 1. The van der Waals surface area contributed by atoms with Gasteiger partial charge in [0.2, 0.25) is 0 Å². The monoisotopic (exact) mass is 311 g/mol. The molecule has 4 nitrogen and oxygen atoms in total. The molecule has 2 rings (SSSR count). The largest absolute Gasteiger partial charge is 0.434 e. The van der Waals surface area contributed by atoms with Gasteiger partial charge in [-0.1, -0.05) is 12.1 Å².